The number of carbonyl (C=O) groups excluding carboxylic acids is 9. The molecule has 0 bridgehead atoms. The minimum atomic E-state index is -1.01. The molecule has 17 unspecified atom stereocenters. The largest absolute Gasteiger partial charge is 0.469 e. The third-order valence-electron chi connectivity index (χ3n) is 23.5. The molecule has 2 aromatic carbocycles. The normalized spacial score (nSPS) is 15.4. The zero-order valence-corrected chi connectivity index (χ0v) is 86.4. The highest BCUT2D eigenvalue weighted by Gasteiger charge is 2.36. The van der Waals surface area contributed by atoms with Crippen LogP contribution in [0, 0.1) is 0 Å². The van der Waals surface area contributed by atoms with Crippen molar-refractivity contribution < 1.29 is 149 Å². The van der Waals surface area contributed by atoms with E-state index in [4.69, 9.17) is 80.5 Å². The highest BCUT2D eigenvalue weighted by atomic mass is 16.6. The van der Waals surface area contributed by atoms with Crippen LogP contribution < -0.4 is 0 Å². The van der Waals surface area contributed by atoms with Gasteiger partial charge in [0.1, 0.15) is 42.7 Å². The molecule has 2 aromatic rings. The first kappa shape index (κ1) is 126. The number of hydrogen-bond donors (Lipinski definition) is 5. The van der Waals surface area contributed by atoms with E-state index in [0.717, 1.165) is 135 Å². The molecule has 0 saturated heterocycles. The topological polar surface area (TPSA) is 412 Å². The summed E-state index contributed by atoms with van der Waals surface area (Å²) in [6, 6.07) is 7.86. The lowest BCUT2D eigenvalue weighted by Crippen LogP contribution is -2.36. The van der Waals surface area contributed by atoms with Crippen molar-refractivity contribution >= 4 is 53.7 Å². The van der Waals surface area contributed by atoms with E-state index in [-0.39, 0.29) is 137 Å². The average Bonchev–Trinajstić information content (AvgIpc) is 0.810. The number of methoxy groups -OCH3 is 3. The molecular weight excluding hydrogens is 1770 g/mol. The van der Waals surface area contributed by atoms with E-state index in [0.29, 0.717) is 116 Å². The number of hydrogen-bond acceptors (Lipinski definition) is 31. The third kappa shape index (κ3) is 60.3. The van der Waals surface area contributed by atoms with Gasteiger partial charge in [-0.25, -0.2) is 28.8 Å². The Morgan fingerprint density at radius 3 is 0.818 bits per heavy atom. The molecule has 2 rings (SSSR count). The van der Waals surface area contributed by atoms with Gasteiger partial charge in [0.25, 0.3) is 0 Å². The van der Waals surface area contributed by atoms with Crippen LogP contribution in [0.15, 0.2) is 36.4 Å². The molecule has 137 heavy (non-hydrogen) atoms. The van der Waals surface area contributed by atoms with E-state index in [9.17, 15) is 63.9 Å². The first-order chi connectivity index (χ1) is 65.7. The molecule has 0 amide bonds. The molecule has 0 heterocycles. The highest BCUT2D eigenvalue weighted by Crippen LogP contribution is 2.30. The van der Waals surface area contributed by atoms with E-state index in [1.807, 2.05) is 0 Å². The van der Waals surface area contributed by atoms with Crippen molar-refractivity contribution in [2.24, 2.45) is 0 Å². The van der Waals surface area contributed by atoms with Crippen LogP contribution in [0.1, 0.15) is 422 Å². The molecule has 0 aliphatic heterocycles. The Morgan fingerprint density at radius 1 is 0.248 bits per heavy atom. The van der Waals surface area contributed by atoms with Gasteiger partial charge in [-0.05, 0) is 182 Å². The molecule has 0 aromatic heterocycles. The number of rotatable bonds is 87. The monoisotopic (exact) mass is 1950 g/mol. The Labute approximate surface area is 819 Å². The maximum absolute atomic E-state index is 15.4. The fraction of sp³-hybridized carbons (Fsp3) is 0.802. The van der Waals surface area contributed by atoms with Gasteiger partial charge in [-0.15, -0.1) is 0 Å². The standard InChI is InChI=1S/C106H180O31/c1-17-21-25-29-39-49-91(128-66-76(6)108)83(13)134-105(119)89-63-84(101(115)135-95(53-43-30-26-22-18-2)92(129-67-77(7)109)50-40-33-36-46-56-98(112)121-14)59-61-87(89)103(117)132-81(11)70-124-73-86(127-72-80(10)126-65-75(5)107)74-125-71-82(12)133-104(118)88-62-60-85(102(116)136-96(54-44-31-27-23-19-3)93(130-68-78(8)110)51-41-34-37-47-57-99(113)122-15)64-90(88)106(120)137-97(55-45-32-28-24-20-4)94(131-69-79(9)111)52-42-35-38-48-58-100(114)123-16/h59-64,75-83,86,91-97,107-111H,17-58,65-74H2,1-16H3. The zero-order valence-electron chi connectivity index (χ0n) is 86.4. The van der Waals surface area contributed by atoms with Gasteiger partial charge in [-0.2, -0.15) is 0 Å². The summed E-state index contributed by atoms with van der Waals surface area (Å²) in [5.41, 5.74) is -1.26. The molecule has 790 valence electrons. The number of carbonyl (C=O) groups is 9. The van der Waals surface area contributed by atoms with E-state index >= 15 is 4.79 Å². The van der Waals surface area contributed by atoms with Crippen LogP contribution in [0.4, 0.5) is 0 Å². The second-order valence-corrected chi connectivity index (χ2v) is 37.2. The lowest BCUT2D eigenvalue weighted by atomic mass is 9.98. The first-order valence-electron chi connectivity index (χ1n) is 51.7. The molecule has 5 N–H and O–H groups in total. The Balaban J connectivity index is 2.78. The van der Waals surface area contributed by atoms with Crippen molar-refractivity contribution in [1.29, 1.82) is 0 Å². The van der Waals surface area contributed by atoms with Crippen LogP contribution in [-0.4, -0.2) is 270 Å². The molecule has 31 nitrogen and oxygen atoms in total. The van der Waals surface area contributed by atoms with Crippen molar-refractivity contribution in [3.8, 4) is 0 Å². The Hall–Kier alpha value is -6.85. The van der Waals surface area contributed by atoms with Crippen molar-refractivity contribution in [3.05, 3.63) is 69.8 Å². The Bertz CT molecular complexity index is 3510. The molecule has 0 aliphatic carbocycles. The van der Waals surface area contributed by atoms with Gasteiger partial charge >= 0.3 is 53.7 Å². The SMILES string of the molecule is CCCCCCCC(OCC(C)O)C(C)OC(=O)c1cc(C(=O)OC(CCCCCCC)C(CCCCCCC(=O)OC)OCC(C)O)ccc1C(=O)OC(C)COCC(COCC(C)OC(=O)c1ccc(C(=O)OC(CCCCCCC)C(CCCCCCC(=O)OC)OCC(C)O)cc1C(=O)OC(CCCCCCC)C(CCCCCCC(=O)OC)OCC(C)O)OCC(C)OCC(C)O. The van der Waals surface area contributed by atoms with E-state index in [2.05, 4.69) is 27.7 Å². The summed E-state index contributed by atoms with van der Waals surface area (Å²) in [7, 11) is 4.06. The number of aliphatic hydroxyl groups is 5. The van der Waals surface area contributed by atoms with E-state index < -0.39 is 140 Å². The fourth-order valence-corrected chi connectivity index (χ4v) is 15.6. The summed E-state index contributed by atoms with van der Waals surface area (Å²) in [6.45, 7) is 22.1. The number of unbranched alkanes of at least 4 members (excludes halogenated alkanes) is 25. The molecular formula is C106H180O31. The molecule has 0 aliphatic rings. The minimum absolute atomic E-state index is 0.00348. The van der Waals surface area contributed by atoms with E-state index in [1.54, 1.807) is 62.3 Å². The average molecular weight is 1950 g/mol. The predicted octanol–water partition coefficient (Wildman–Crippen LogP) is 18.8. The van der Waals surface area contributed by atoms with Gasteiger partial charge in [0.15, 0.2) is 0 Å². The van der Waals surface area contributed by atoms with Crippen molar-refractivity contribution in [1.82, 2.24) is 0 Å². The maximum atomic E-state index is 15.4. The third-order valence-corrected chi connectivity index (χ3v) is 23.5. The van der Waals surface area contributed by atoms with Crippen LogP contribution in [0.5, 0.6) is 0 Å². The number of esters is 9. The summed E-state index contributed by atoms with van der Waals surface area (Å²) < 4.78 is 102. The lowest BCUT2D eigenvalue weighted by Gasteiger charge is -2.29. The minimum Gasteiger partial charge on any atom is -0.469 e. The second kappa shape index (κ2) is 78.7. The van der Waals surface area contributed by atoms with Crippen molar-refractivity contribution in [2.75, 3.05) is 87.4 Å². The summed E-state index contributed by atoms with van der Waals surface area (Å²) in [5, 5.41) is 51.9. The number of benzene rings is 2. The second-order valence-electron chi connectivity index (χ2n) is 37.2. The first-order valence-corrected chi connectivity index (χ1v) is 51.7. The maximum Gasteiger partial charge on any atom is 0.339 e. The van der Waals surface area contributed by atoms with Gasteiger partial charge in [-0.3, -0.25) is 14.4 Å². The summed E-state index contributed by atoms with van der Waals surface area (Å²) in [4.78, 5) is 125. The Morgan fingerprint density at radius 2 is 0.511 bits per heavy atom. The lowest BCUT2D eigenvalue weighted by molar-refractivity contribution is -0.141. The Kier molecular flexibility index (Phi) is 72.5. The van der Waals surface area contributed by atoms with Crippen LogP contribution in [-0.2, 0) is 94.9 Å². The van der Waals surface area contributed by atoms with Crippen LogP contribution in [0.25, 0.3) is 0 Å². The van der Waals surface area contributed by atoms with Crippen LogP contribution in [0.3, 0.4) is 0 Å². The quantitative estimate of drug-likeness (QED) is 0.0233. The van der Waals surface area contributed by atoms with Gasteiger partial charge in [0, 0.05) is 19.3 Å². The van der Waals surface area contributed by atoms with Crippen LogP contribution >= 0.6 is 0 Å². The molecule has 31 heteroatoms. The molecule has 0 fully saturated rings. The molecule has 0 radical (unpaired) electrons. The molecule has 0 spiro atoms. The summed E-state index contributed by atoms with van der Waals surface area (Å²) >= 11 is 0. The zero-order chi connectivity index (χ0) is 102. The molecule has 17 atom stereocenters. The van der Waals surface area contributed by atoms with Gasteiger partial charge in [0.05, 0.1) is 182 Å². The highest BCUT2D eigenvalue weighted by molar-refractivity contribution is 6.06. The number of ether oxygens (including phenoxy) is 17. The predicted molar refractivity (Wildman–Crippen MR) is 522 cm³/mol. The number of aliphatic hydroxyl groups excluding tert-OH is 5. The van der Waals surface area contributed by atoms with Gasteiger partial charge in [0.2, 0.25) is 0 Å². The van der Waals surface area contributed by atoms with Crippen molar-refractivity contribution in [2.45, 2.75) is 463 Å². The van der Waals surface area contributed by atoms with Gasteiger partial charge in [-0.1, -0.05) is 195 Å². The summed E-state index contributed by atoms with van der Waals surface area (Å²) in [6.07, 6.45) is 16.7. The smallest absolute Gasteiger partial charge is 0.339 e. The fourth-order valence-electron chi connectivity index (χ4n) is 15.6. The van der Waals surface area contributed by atoms with Crippen LogP contribution in [0.2, 0.25) is 0 Å². The summed E-state index contributed by atoms with van der Waals surface area (Å²) in [5.74, 6) is -6.36. The van der Waals surface area contributed by atoms with Gasteiger partial charge < -0.3 is 106 Å². The molecule has 0 saturated carbocycles. The van der Waals surface area contributed by atoms with Crippen molar-refractivity contribution in [3.63, 3.8) is 0 Å². The van der Waals surface area contributed by atoms with E-state index in [1.165, 1.54) is 57.7 Å².